The van der Waals surface area contributed by atoms with E-state index in [4.69, 9.17) is 21.1 Å². The van der Waals surface area contributed by atoms with Crippen molar-refractivity contribution >= 4 is 28.8 Å². The van der Waals surface area contributed by atoms with Gasteiger partial charge in [0.1, 0.15) is 28.9 Å². The summed E-state index contributed by atoms with van der Waals surface area (Å²) in [6, 6.07) is 11.5. The van der Waals surface area contributed by atoms with Gasteiger partial charge in [-0.1, -0.05) is 23.7 Å². The van der Waals surface area contributed by atoms with Gasteiger partial charge in [0.2, 0.25) is 0 Å². The SMILES string of the molecule is O=C(c1csc(-c2ccc(OCc3cccc(F)c3)cc2Cl)n1)N1CCOCC1. The van der Waals surface area contributed by atoms with E-state index in [0.717, 1.165) is 11.1 Å². The second kappa shape index (κ2) is 8.90. The van der Waals surface area contributed by atoms with Crippen LogP contribution in [-0.2, 0) is 11.3 Å². The lowest BCUT2D eigenvalue weighted by molar-refractivity contribution is 0.0299. The number of nitrogens with zero attached hydrogens (tertiary/aromatic N) is 2. The number of benzene rings is 2. The molecule has 3 aromatic rings. The monoisotopic (exact) mass is 432 g/mol. The van der Waals surface area contributed by atoms with Crippen LogP contribution in [0.4, 0.5) is 4.39 Å². The molecule has 0 radical (unpaired) electrons. The Morgan fingerprint density at radius 2 is 2.07 bits per heavy atom. The number of thiazole rings is 1. The van der Waals surface area contributed by atoms with Gasteiger partial charge in [-0.05, 0) is 35.9 Å². The van der Waals surface area contributed by atoms with Gasteiger partial charge >= 0.3 is 0 Å². The third kappa shape index (κ3) is 4.75. The van der Waals surface area contributed by atoms with Crippen LogP contribution in [-0.4, -0.2) is 42.1 Å². The van der Waals surface area contributed by atoms with E-state index in [2.05, 4.69) is 4.98 Å². The minimum atomic E-state index is -0.300. The zero-order valence-electron chi connectivity index (χ0n) is 15.4. The van der Waals surface area contributed by atoms with E-state index in [1.54, 1.807) is 34.5 Å². The maximum Gasteiger partial charge on any atom is 0.273 e. The fraction of sp³-hybridized carbons (Fsp3) is 0.238. The molecule has 2 aromatic carbocycles. The first-order valence-electron chi connectivity index (χ1n) is 9.10. The predicted octanol–water partition coefficient (Wildman–Crippen LogP) is 4.65. The molecule has 0 atom stereocenters. The van der Waals surface area contributed by atoms with E-state index in [-0.39, 0.29) is 18.3 Å². The van der Waals surface area contributed by atoms with Crippen molar-refractivity contribution in [3.8, 4) is 16.3 Å². The Balaban J connectivity index is 1.45. The third-order valence-electron chi connectivity index (χ3n) is 4.49. The van der Waals surface area contributed by atoms with E-state index in [0.29, 0.717) is 47.8 Å². The number of halogens is 2. The molecule has 1 amide bonds. The van der Waals surface area contributed by atoms with E-state index < -0.39 is 0 Å². The molecule has 0 bridgehead atoms. The maximum absolute atomic E-state index is 13.3. The van der Waals surface area contributed by atoms with Crippen LogP contribution in [0, 0.1) is 5.82 Å². The topological polar surface area (TPSA) is 51.7 Å². The van der Waals surface area contributed by atoms with Crippen LogP contribution in [0.5, 0.6) is 5.75 Å². The molecule has 150 valence electrons. The highest BCUT2D eigenvalue weighted by Gasteiger charge is 2.21. The van der Waals surface area contributed by atoms with Gasteiger partial charge in [0.05, 0.1) is 18.2 Å². The van der Waals surface area contributed by atoms with Crippen molar-refractivity contribution < 1.29 is 18.7 Å². The summed E-state index contributed by atoms with van der Waals surface area (Å²) in [4.78, 5) is 18.8. The van der Waals surface area contributed by atoms with Crippen LogP contribution in [0.1, 0.15) is 16.1 Å². The third-order valence-corrected chi connectivity index (χ3v) is 5.68. The van der Waals surface area contributed by atoms with Crippen LogP contribution < -0.4 is 4.74 Å². The number of aromatic nitrogens is 1. The molecule has 1 aliphatic heterocycles. The summed E-state index contributed by atoms with van der Waals surface area (Å²) in [6.45, 7) is 2.48. The van der Waals surface area contributed by atoms with Gasteiger partial charge in [-0.2, -0.15) is 0 Å². The molecular formula is C21H18ClFN2O3S. The fourth-order valence-corrected chi connectivity index (χ4v) is 4.13. The number of hydrogen-bond acceptors (Lipinski definition) is 5. The van der Waals surface area contributed by atoms with Crippen LogP contribution in [0.3, 0.4) is 0 Å². The van der Waals surface area contributed by atoms with Crippen molar-refractivity contribution in [3.63, 3.8) is 0 Å². The number of carbonyl (C=O) groups is 1. The first-order valence-corrected chi connectivity index (χ1v) is 10.4. The molecule has 0 spiro atoms. The lowest BCUT2D eigenvalue weighted by Crippen LogP contribution is -2.40. The number of carbonyl (C=O) groups excluding carboxylic acids is 1. The van der Waals surface area contributed by atoms with Crippen LogP contribution in [0.2, 0.25) is 5.02 Å². The Morgan fingerprint density at radius 1 is 1.24 bits per heavy atom. The van der Waals surface area contributed by atoms with Gasteiger partial charge in [0, 0.05) is 24.0 Å². The lowest BCUT2D eigenvalue weighted by Gasteiger charge is -2.25. The Bertz CT molecular complexity index is 1020. The summed E-state index contributed by atoms with van der Waals surface area (Å²) < 4.78 is 24.2. The molecular weight excluding hydrogens is 415 g/mol. The Kier molecular flexibility index (Phi) is 6.08. The molecule has 2 heterocycles. The molecule has 5 nitrogen and oxygen atoms in total. The van der Waals surface area contributed by atoms with Gasteiger partial charge in [-0.3, -0.25) is 4.79 Å². The zero-order valence-corrected chi connectivity index (χ0v) is 17.0. The van der Waals surface area contributed by atoms with Crippen molar-refractivity contribution in [2.75, 3.05) is 26.3 Å². The van der Waals surface area contributed by atoms with E-state index in [1.165, 1.54) is 23.5 Å². The van der Waals surface area contributed by atoms with Gasteiger partial charge in [0.25, 0.3) is 5.91 Å². The summed E-state index contributed by atoms with van der Waals surface area (Å²) >= 11 is 7.79. The summed E-state index contributed by atoms with van der Waals surface area (Å²) in [7, 11) is 0. The molecule has 0 aliphatic carbocycles. The first kappa shape index (κ1) is 19.8. The second-order valence-electron chi connectivity index (χ2n) is 6.50. The summed E-state index contributed by atoms with van der Waals surface area (Å²) in [6.07, 6.45) is 0. The number of rotatable bonds is 5. The molecule has 0 unspecified atom stereocenters. The molecule has 0 saturated carbocycles. The lowest BCUT2D eigenvalue weighted by atomic mass is 10.2. The summed E-state index contributed by atoms with van der Waals surface area (Å²) in [5.74, 6) is 0.178. The van der Waals surface area contributed by atoms with E-state index in [1.807, 2.05) is 6.07 Å². The van der Waals surface area contributed by atoms with Crippen molar-refractivity contribution in [2.45, 2.75) is 6.61 Å². The first-order chi connectivity index (χ1) is 14.1. The highest BCUT2D eigenvalue weighted by Crippen LogP contribution is 2.33. The second-order valence-corrected chi connectivity index (χ2v) is 7.77. The maximum atomic E-state index is 13.3. The molecule has 4 rings (SSSR count). The minimum Gasteiger partial charge on any atom is -0.489 e. The highest BCUT2D eigenvalue weighted by atomic mass is 35.5. The summed E-state index contributed by atoms with van der Waals surface area (Å²) in [5, 5.41) is 2.89. The van der Waals surface area contributed by atoms with Crippen LogP contribution >= 0.6 is 22.9 Å². The normalized spacial score (nSPS) is 14.1. The molecule has 8 heteroatoms. The summed E-state index contributed by atoms with van der Waals surface area (Å²) in [5.41, 5.74) is 1.88. The molecule has 1 aromatic heterocycles. The predicted molar refractivity (Wildman–Crippen MR) is 110 cm³/mol. The van der Waals surface area contributed by atoms with Crippen molar-refractivity contribution in [1.29, 1.82) is 0 Å². The van der Waals surface area contributed by atoms with Crippen molar-refractivity contribution in [1.82, 2.24) is 9.88 Å². The Labute approximate surface area is 176 Å². The van der Waals surface area contributed by atoms with Gasteiger partial charge in [0.15, 0.2) is 0 Å². The quantitative estimate of drug-likeness (QED) is 0.588. The molecule has 29 heavy (non-hydrogen) atoms. The number of amides is 1. The van der Waals surface area contributed by atoms with Crippen LogP contribution in [0.15, 0.2) is 47.8 Å². The molecule has 1 aliphatic rings. The van der Waals surface area contributed by atoms with E-state index in [9.17, 15) is 9.18 Å². The van der Waals surface area contributed by atoms with Gasteiger partial charge in [-0.15, -0.1) is 11.3 Å². The minimum absolute atomic E-state index is 0.0954. The van der Waals surface area contributed by atoms with Crippen molar-refractivity contribution in [3.05, 3.63) is 69.9 Å². The molecule has 1 saturated heterocycles. The largest absolute Gasteiger partial charge is 0.489 e. The van der Waals surface area contributed by atoms with Gasteiger partial charge in [-0.25, -0.2) is 9.37 Å². The van der Waals surface area contributed by atoms with E-state index >= 15 is 0 Å². The standard InChI is InChI=1S/C21H18ClFN2O3S/c22-18-11-16(28-12-14-2-1-3-15(23)10-14)4-5-17(18)20-24-19(13-29-20)21(26)25-6-8-27-9-7-25/h1-5,10-11,13H,6-9,12H2. The number of morpholine rings is 1. The average molecular weight is 433 g/mol. The average Bonchev–Trinajstić information content (AvgIpc) is 3.22. The Morgan fingerprint density at radius 3 is 2.83 bits per heavy atom. The number of hydrogen-bond donors (Lipinski definition) is 0. The fourth-order valence-electron chi connectivity index (χ4n) is 2.98. The van der Waals surface area contributed by atoms with Crippen LogP contribution in [0.25, 0.3) is 10.6 Å². The molecule has 0 N–H and O–H groups in total. The smallest absolute Gasteiger partial charge is 0.273 e. The highest BCUT2D eigenvalue weighted by molar-refractivity contribution is 7.13. The Hall–Kier alpha value is -2.48. The number of ether oxygens (including phenoxy) is 2. The van der Waals surface area contributed by atoms with Crippen molar-refractivity contribution in [2.24, 2.45) is 0 Å². The molecule has 1 fully saturated rings. The zero-order chi connectivity index (χ0) is 20.2. The van der Waals surface area contributed by atoms with Gasteiger partial charge < -0.3 is 14.4 Å².